The first-order valence-electron chi connectivity index (χ1n) is 7.60. The van der Waals surface area contributed by atoms with Crippen LogP contribution in [0.4, 0.5) is 0 Å². The summed E-state index contributed by atoms with van der Waals surface area (Å²) in [6.07, 6.45) is 0.676. The second kappa shape index (κ2) is 6.95. The normalized spacial score (nSPS) is 11.9. The molecule has 1 unspecified atom stereocenters. The Bertz CT molecular complexity index is 858. The molecule has 0 aliphatic heterocycles. The zero-order chi connectivity index (χ0) is 16.9. The Morgan fingerprint density at radius 1 is 1.17 bits per heavy atom. The van der Waals surface area contributed by atoms with Crippen molar-refractivity contribution in [2.75, 3.05) is 0 Å². The number of carbonyl (C=O) groups excluding carboxylic acids is 2. The summed E-state index contributed by atoms with van der Waals surface area (Å²) in [5, 5.41) is 10.1. The minimum absolute atomic E-state index is 0.341. The summed E-state index contributed by atoms with van der Waals surface area (Å²) >= 11 is 0. The number of benzene rings is 2. The van der Waals surface area contributed by atoms with Crippen LogP contribution in [0.3, 0.4) is 0 Å². The Balaban J connectivity index is 1.61. The summed E-state index contributed by atoms with van der Waals surface area (Å²) in [6, 6.07) is 14.7. The van der Waals surface area contributed by atoms with Gasteiger partial charge >= 0.3 is 5.97 Å². The van der Waals surface area contributed by atoms with Crippen molar-refractivity contribution in [3.8, 4) is 0 Å². The van der Waals surface area contributed by atoms with Crippen molar-refractivity contribution >= 4 is 22.8 Å². The average molecular weight is 323 g/mol. The maximum absolute atomic E-state index is 12.3. The van der Waals surface area contributed by atoms with Crippen LogP contribution in [0.1, 0.15) is 22.8 Å². The van der Waals surface area contributed by atoms with Gasteiger partial charge in [0.1, 0.15) is 0 Å². The van der Waals surface area contributed by atoms with E-state index in [-0.39, 0.29) is 5.91 Å². The van der Waals surface area contributed by atoms with Gasteiger partial charge in [-0.05, 0) is 24.6 Å². The maximum atomic E-state index is 12.3. The fourth-order valence-electron chi connectivity index (χ4n) is 2.35. The molecule has 122 valence electrons. The first kappa shape index (κ1) is 15.7. The van der Waals surface area contributed by atoms with E-state index < -0.39 is 12.1 Å². The van der Waals surface area contributed by atoms with Crippen LogP contribution in [0.2, 0.25) is 0 Å². The lowest BCUT2D eigenvalue weighted by Crippen LogP contribution is -2.35. The number of fused-ring (bicyclic) bond motifs is 1. The van der Waals surface area contributed by atoms with Crippen LogP contribution in [-0.2, 0) is 16.1 Å². The molecule has 1 aromatic heterocycles. The molecule has 2 aromatic carbocycles. The first-order chi connectivity index (χ1) is 11.6. The molecule has 0 saturated carbocycles. The number of aromatic nitrogens is 2. The lowest BCUT2D eigenvalue weighted by Gasteiger charge is -2.14. The van der Waals surface area contributed by atoms with E-state index in [2.05, 4.69) is 15.5 Å². The second-order valence-corrected chi connectivity index (χ2v) is 5.39. The van der Waals surface area contributed by atoms with E-state index in [0.717, 1.165) is 11.1 Å². The molecule has 2 N–H and O–H groups in total. The van der Waals surface area contributed by atoms with E-state index in [1.54, 1.807) is 25.3 Å². The molecule has 0 aliphatic carbocycles. The van der Waals surface area contributed by atoms with E-state index in [1.807, 2.05) is 36.4 Å². The summed E-state index contributed by atoms with van der Waals surface area (Å²) in [4.78, 5) is 24.4. The summed E-state index contributed by atoms with van der Waals surface area (Å²) in [5.41, 5.74) is 2.10. The van der Waals surface area contributed by atoms with Gasteiger partial charge in [-0.25, -0.2) is 4.79 Å². The van der Waals surface area contributed by atoms with Gasteiger partial charge in [0.15, 0.2) is 6.10 Å². The molecule has 0 radical (unpaired) electrons. The summed E-state index contributed by atoms with van der Waals surface area (Å²) in [5.74, 6) is -0.893. The largest absolute Gasteiger partial charge is 0.449 e. The van der Waals surface area contributed by atoms with Gasteiger partial charge < -0.3 is 10.1 Å². The van der Waals surface area contributed by atoms with Gasteiger partial charge in [-0.3, -0.25) is 9.89 Å². The molecule has 3 aromatic rings. The van der Waals surface area contributed by atoms with E-state index in [1.165, 1.54) is 0 Å². The van der Waals surface area contributed by atoms with E-state index >= 15 is 0 Å². The van der Waals surface area contributed by atoms with Gasteiger partial charge in [-0.1, -0.05) is 36.4 Å². The molecule has 0 fully saturated rings. The highest BCUT2D eigenvalue weighted by molar-refractivity contribution is 6.04. The Kier molecular flexibility index (Phi) is 4.56. The highest BCUT2D eigenvalue weighted by Gasteiger charge is 2.20. The highest BCUT2D eigenvalue weighted by atomic mass is 16.5. The van der Waals surface area contributed by atoms with E-state index in [0.29, 0.717) is 17.5 Å². The van der Waals surface area contributed by atoms with Crippen molar-refractivity contribution < 1.29 is 14.3 Å². The number of H-pyrrole nitrogens is 1. The van der Waals surface area contributed by atoms with Crippen LogP contribution in [0.15, 0.2) is 54.7 Å². The number of ether oxygens (including phenoxy) is 1. The number of hydrogen-bond donors (Lipinski definition) is 2. The fraction of sp³-hybridized carbons (Fsp3) is 0.167. The van der Waals surface area contributed by atoms with Crippen LogP contribution in [-0.4, -0.2) is 28.2 Å². The molecule has 1 amide bonds. The molecule has 0 spiro atoms. The van der Waals surface area contributed by atoms with Gasteiger partial charge in [0.2, 0.25) is 0 Å². The van der Waals surface area contributed by atoms with Crippen LogP contribution in [0.25, 0.3) is 10.9 Å². The number of carbonyl (C=O) groups is 2. The molecule has 3 rings (SSSR count). The second-order valence-electron chi connectivity index (χ2n) is 5.39. The topological polar surface area (TPSA) is 84.1 Å². The molecule has 1 heterocycles. The molecule has 0 aliphatic rings. The Morgan fingerprint density at radius 2 is 1.96 bits per heavy atom. The number of aromatic amines is 1. The molecule has 1 atom stereocenters. The SMILES string of the molecule is CC(OC(=O)c1cccc2[nH]ncc12)C(=O)NCc1ccccc1. The predicted octanol–water partition coefficient (Wildman–Crippen LogP) is 2.42. The third-order valence-electron chi connectivity index (χ3n) is 3.67. The number of rotatable bonds is 5. The van der Waals surface area contributed by atoms with Gasteiger partial charge in [-0.2, -0.15) is 5.10 Å². The standard InChI is InChI=1S/C18H17N3O3/c1-12(17(22)19-10-13-6-3-2-4-7-13)24-18(23)14-8-5-9-16-15(14)11-20-21-16/h2-9,11-12H,10H2,1H3,(H,19,22)(H,20,21). The Morgan fingerprint density at radius 3 is 2.75 bits per heavy atom. The van der Waals surface area contributed by atoms with Crippen LogP contribution < -0.4 is 5.32 Å². The van der Waals surface area contributed by atoms with Crippen molar-refractivity contribution in [1.29, 1.82) is 0 Å². The number of amides is 1. The van der Waals surface area contributed by atoms with Crippen LogP contribution in [0, 0.1) is 0 Å². The summed E-state index contributed by atoms with van der Waals surface area (Å²) in [7, 11) is 0. The zero-order valence-electron chi connectivity index (χ0n) is 13.2. The molecular formula is C18H17N3O3. The maximum Gasteiger partial charge on any atom is 0.339 e. The van der Waals surface area contributed by atoms with Crippen LogP contribution >= 0.6 is 0 Å². The smallest absolute Gasteiger partial charge is 0.339 e. The Hall–Kier alpha value is -3.15. The summed E-state index contributed by atoms with van der Waals surface area (Å²) < 4.78 is 5.27. The van der Waals surface area contributed by atoms with Crippen LogP contribution in [0.5, 0.6) is 0 Å². The molecule has 0 bridgehead atoms. The quantitative estimate of drug-likeness (QED) is 0.706. The zero-order valence-corrected chi connectivity index (χ0v) is 13.2. The highest BCUT2D eigenvalue weighted by Crippen LogP contribution is 2.17. The van der Waals surface area contributed by atoms with Crippen molar-refractivity contribution in [2.24, 2.45) is 0 Å². The number of nitrogens with zero attached hydrogens (tertiary/aromatic N) is 1. The van der Waals surface area contributed by atoms with E-state index in [9.17, 15) is 9.59 Å². The average Bonchev–Trinajstić information content (AvgIpc) is 3.09. The van der Waals surface area contributed by atoms with Gasteiger partial charge in [-0.15, -0.1) is 0 Å². The van der Waals surface area contributed by atoms with Gasteiger partial charge in [0, 0.05) is 11.9 Å². The van der Waals surface area contributed by atoms with E-state index in [4.69, 9.17) is 4.74 Å². The third kappa shape index (κ3) is 3.43. The number of esters is 1. The minimum atomic E-state index is -0.886. The molecular weight excluding hydrogens is 306 g/mol. The Labute approximate surface area is 138 Å². The predicted molar refractivity (Wildman–Crippen MR) is 89.3 cm³/mol. The molecule has 24 heavy (non-hydrogen) atoms. The molecule has 0 saturated heterocycles. The number of hydrogen-bond acceptors (Lipinski definition) is 4. The third-order valence-corrected chi connectivity index (χ3v) is 3.67. The number of nitrogens with one attached hydrogen (secondary N) is 2. The lowest BCUT2D eigenvalue weighted by atomic mass is 10.1. The minimum Gasteiger partial charge on any atom is -0.449 e. The fourth-order valence-corrected chi connectivity index (χ4v) is 2.35. The van der Waals surface area contributed by atoms with Gasteiger partial charge in [0.25, 0.3) is 5.91 Å². The molecule has 6 nitrogen and oxygen atoms in total. The summed E-state index contributed by atoms with van der Waals surface area (Å²) in [6.45, 7) is 1.94. The van der Waals surface area contributed by atoms with Gasteiger partial charge in [0.05, 0.1) is 17.3 Å². The first-order valence-corrected chi connectivity index (χ1v) is 7.60. The van der Waals surface area contributed by atoms with Crippen molar-refractivity contribution in [3.63, 3.8) is 0 Å². The van der Waals surface area contributed by atoms with Crippen molar-refractivity contribution in [2.45, 2.75) is 19.6 Å². The molecule has 6 heteroatoms. The monoisotopic (exact) mass is 323 g/mol. The lowest BCUT2D eigenvalue weighted by molar-refractivity contribution is -0.129. The van der Waals surface area contributed by atoms with Crippen molar-refractivity contribution in [1.82, 2.24) is 15.5 Å². The van der Waals surface area contributed by atoms with Crippen molar-refractivity contribution in [3.05, 3.63) is 65.9 Å².